The average molecular weight is 219 g/mol. The fraction of sp³-hybridized carbons (Fsp3) is 0.167. The van der Waals surface area contributed by atoms with Crippen molar-refractivity contribution in [3.05, 3.63) is 42.0 Å². The molecule has 1 N–H and O–H groups in total. The second-order valence-electron chi connectivity index (χ2n) is 2.88. The van der Waals surface area contributed by atoms with Crippen LogP contribution in [0.2, 0.25) is 0 Å². The van der Waals surface area contributed by atoms with Crippen LogP contribution in [-0.2, 0) is 9.59 Å². The number of hydroxylamine groups is 2. The van der Waals surface area contributed by atoms with Crippen molar-refractivity contribution in [1.82, 2.24) is 5.06 Å². The third-order valence-corrected chi connectivity index (χ3v) is 1.98. The largest absolute Gasteiger partial charge is 0.285 e. The third kappa shape index (κ3) is 2.17. The van der Waals surface area contributed by atoms with E-state index in [0.717, 1.165) is 6.08 Å². The van der Waals surface area contributed by atoms with Crippen LogP contribution in [-0.4, -0.2) is 22.1 Å². The molecule has 0 saturated heterocycles. The van der Waals surface area contributed by atoms with Crippen molar-refractivity contribution < 1.29 is 14.8 Å². The molecule has 0 bridgehead atoms. The Hall–Kier alpha value is -1.94. The molecular formula is C12H13NO3. The lowest BCUT2D eigenvalue weighted by Crippen LogP contribution is -2.26. The summed E-state index contributed by atoms with van der Waals surface area (Å²) in [6.07, 6.45) is 1.12. The van der Waals surface area contributed by atoms with Crippen molar-refractivity contribution in [3.8, 4) is 0 Å². The topological polar surface area (TPSA) is 57.6 Å². The van der Waals surface area contributed by atoms with E-state index in [0.29, 0.717) is 5.56 Å². The van der Waals surface area contributed by atoms with E-state index in [1.807, 2.05) is 19.9 Å². The molecule has 2 rings (SSSR count). The summed E-state index contributed by atoms with van der Waals surface area (Å²) in [6, 6.07) is 8.73. The molecule has 0 radical (unpaired) electrons. The van der Waals surface area contributed by atoms with Crippen LogP contribution in [0.1, 0.15) is 19.4 Å². The summed E-state index contributed by atoms with van der Waals surface area (Å²) in [5.41, 5.74) is 0.848. The molecule has 1 aliphatic rings. The number of benzene rings is 1. The standard InChI is InChI=1S/C10H7NO3.C2H6/c12-9-6-8(10(13)11(9)14)7-4-2-1-3-5-7;1-2/h1-6,14H;1-2H3. The first-order chi connectivity index (χ1) is 7.70. The van der Waals surface area contributed by atoms with E-state index in [2.05, 4.69) is 0 Å². The fourth-order valence-corrected chi connectivity index (χ4v) is 1.29. The Morgan fingerprint density at radius 2 is 1.62 bits per heavy atom. The van der Waals surface area contributed by atoms with Crippen LogP contribution in [0.5, 0.6) is 0 Å². The zero-order chi connectivity index (χ0) is 12.1. The van der Waals surface area contributed by atoms with Crippen LogP contribution in [0.15, 0.2) is 36.4 Å². The van der Waals surface area contributed by atoms with Gasteiger partial charge in [-0.15, -0.1) is 5.06 Å². The zero-order valence-corrected chi connectivity index (χ0v) is 9.18. The summed E-state index contributed by atoms with van der Waals surface area (Å²) in [5, 5.41) is 9.09. The second-order valence-corrected chi connectivity index (χ2v) is 2.88. The van der Waals surface area contributed by atoms with Gasteiger partial charge in [0.2, 0.25) is 0 Å². The molecule has 0 saturated carbocycles. The molecule has 0 unspecified atom stereocenters. The minimum absolute atomic E-state index is 0.113. The molecule has 4 heteroatoms. The lowest BCUT2D eigenvalue weighted by Gasteiger charge is -2.04. The zero-order valence-electron chi connectivity index (χ0n) is 9.18. The van der Waals surface area contributed by atoms with Crippen molar-refractivity contribution in [2.24, 2.45) is 0 Å². The maximum atomic E-state index is 11.3. The number of rotatable bonds is 1. The minimum Gasteiger partial charge on any atom is -0.278 e. The van der Waals surface area contributed by atoms with Gasteiger partial charge < -0.3 is 0 Å². The van der Waals surface area contributed by atoms with Gasteiger partial charge in [-0.1, -0.05) is 44.2 Å². The van der Waals surface area contributed by atoms with Crippen LogP contribution < -0.4 is 0 Å². The monoisotopic (exact) mass is 219 g/mol. The summed E-state index contributed by atoms with van der Waals surface area (Å²) < 4.78 is 0. The number of nitrogens with zero attached hydrogens (tertiary/aromatic N) is 1. The highest BCUT2D eigenvalue weighted by molar-refractivity contribution is 6.32. The molecule has 0 aliphatic carbocycles. The van der Waals surface area contributed by atoms with E-state index in [4.69, 9.17) is 5.21 Å². The van der Waals surface area contributed by atoms with Gasteiger partial charge in [-0.25, -0.2) is 0 Å². The molecule has 84 valence electrons. The fourth-order valence-electron chi connectivity index (χ4n) is 1.29. The number of carbonyl (C=O) groups excluding carboxylic acids is 2. The predicted molar refractivity (Wildman–Crippen MR) is 59.4 cm³/mol. The number of hydrogen-bond acceptors (Lipinski definition) is 3. The lowest BCUT2D eigenvalue weighted by molar-refractivity contribution is -0.168. The number of amides is 2. The molecule has 1 aromatic carbocycles. The summed E-state index contributed by atoms with van der Waals surface area (Å²) in [6.45, 7) is 4.00. The van der Waals surface area contributed by atoms with Crippen molar-refractivity contribution in [2.45, 2.75) is 13.8 Å². The van der Waals surface area contributed by atoms with Gasteiger partial charge >= 0.3 is 0 Å². The number of hydrogen-bond donors (Lipinski definition) is 1. The molecule has 2 amide bonds. The molecule has 0 atom stereocenters. The Labute approximate surface area is 93.8 Å². The van der Waals surface area contributed by atoms with E-state index < -0.39 is 11.8 Å². The van der Waals surface area contributed by atoms with Gasteiger partial charge in [0, 0.05) is 6.08 Å². The van der Waals surface area contributed by atoms with E-state index in [1.54, 1.807) is 24.3 Å². The quantitative estimate of drug-likeness (QED) is 0.579. The maximum absolute atomic E-state index is 11.3. The summed E-state index contributed by atoms with van der Waals surface area (Å²) in [4.78, 5) is 22.2. The Bertz CT molecular complexity index is 423. The van der Waals surface area contributed by atoms with Crippen LogP contribution in [0.3, 0.4) is 0 Å². The molecule has 4 nitrogen and oxygen atoms in total. The van der Waals surface area contributed by atoms with Gasteiger partial charge in [0.05, 0.1) is 5.57 Å². The molecule has 0 spiro atoms. The van der Waals surface area contributed by atoms with Crippen LogP contribution in [0.25, 0.3) is 5.57 Å². The first kappa shape index (κ1) is 12.1. The molecule has 0 fully saturated rings. The van der Waals surface area contributed by atoms with Crippen molar-refractivity contribution in [3.63, 3.8) is 0 Å². The normalized spacial score (nSPS) is 14.4. The molecular weight excluding hydrogens is 206 g/mol. The van der Waals surface area contributed by atoms with E-state index >= 15 is 0 Å². The third-order valence-electron chi connectivity index (χ3n) is 1.98. The first-order valence-corrected chi connectivity index (χ1v) is 5.04. The highest BCUT2D eigenvalue weighted by atomic mass is 16.5. The van der Waals surface area contributed by atoms with Crippen molar-refractivity contribution in [1.29, 1.82) is 0 Å². The van der Waals surface area contributed by atoms with Crippen molar-refractivity contribution >= 4 is 17.4 Å². The predicted octanol–water partition coefficient (Wildman–Crippen LogP) is 1.85. The lowest BCUT2D eigenvalue weighted by atomic mass is 10.1. The van der Waals surface area contributed by atoms with Gasteiger partial charge in [0.25, 0.3) is 11.8 Å². The highest BCUT2D eigenvalue weighted by Crippen LogP contribution is 2.21. The second kappa shape index (κ2) is 5.23. The Morgan fingerprint density at radius 3 is 2.06 bits per heavy atom. The number of imide groups is 1. The summed E-state index contributed by atoms with van der Waals surface area (Å²) >= 11 is 0. The van der Waals surface area contributed by atoms with E-state index in [9.17, 15) is 9.59 Å². The van der Waals surface area contributed by atoms with Crippen LogP contribution in [0, 0.1) is 0 Å². The van der Waals surface area contributed by atoms with Gasteiger partial charge in [0.15, 0.2) is 0 Å². The average Bonchev–Trinajstić information content (AvgIpc) is 2.61. The molecule has 16 heavy (non-hydrogen) atoms. The van der Waals surface area contributed by atoms with Crippen LogP contribution in [0.4, 0.5) is 0 Å². The van der Waals surface area contributed by atoms with Gasteiger partial charge in [-0.2, -0.15) is 0 Å². The SMILES string of the molecule is CC.O=C1C=C(c2ccccc2)C(=O)N1O. The highest BCUT2D eigenvalue weighted by Gasteiger charge is 2.30. The van der Waals surface area contributed by atoms with Gasteiger partial charge in [0.1, 0.15) is 0 Å². The molecule has 1 aliphatic heterocycles. The molecule has 0 aromatic heterocycles. The van der Waals surface area contributed by atoms with Gasteiger partial charge in [-0.3, -0.25) is 14.8 Å². The molecule has 1 aromatic rings. The summed E-state index contributed by atoms with van der Waals surface area (Å²) in [7, 11) is 0. The van der Waals surface area contributed by atoms with E-state index in [1.165, 1.54) is 0 Å². The van der Waals surface area contributed by atoms with Crippen LogP contribution >= 0.6 is 0 Å². The number of carbonyl (C=O) groups is 2. The Morgan fingerprint density at radius 1 is 1.06 bits per heavy atom. The van der Waals surface area contributed by atoms with Gasteiger partial charge in [-0.05, 0) is 5.56 Å². The summed E-state index contributed by atoms with van der Waals surface area (Å²) in [5.74, 6) is -1.38. The van der Waals surface area contributed by atoms with Crippen molar-refractivity contribution in [2.75, 3.05) is 0 Å². The molecule has 1 heterocycles. The minimum atomic E-state index is -0.700. The van der Waals surface area contributed by atoms with E-state index in [-0.39, 0.29) is 10.6 Å². The first-order valence-electron chi connectivity index (χ1n) is 5.04. The Balaban J connectivity index is 0.000000606. The smallest absolute Gasteiger partial charge is 0.278 e. The Kier molecular flexibility index (Phi) is 3.96. The maximum Gasteiger partial charge on any atom is 0.285 e.